The number of carboxylic acids is 9. The van der Waals surface area contributed by atoms with Gasteiger partial charge in [0.05, 0.1) is 26.2 Å². The third-order valence-corrected chi connectivity index (χ3v) is 23.0. The summed E-state index contributed by atoms with van der Waals surface area (Å²) in [6, 6.07) is -4.43. The maximum absolute atomic E-state index is 14.6. The molecule has 1 aliphatic rings. The molecule has 2 rings (SSSR count). The van der Waals surface area contributed by atoms with Crippen LogP contribution in [0.15, 0.2) is 29.2 Å². The van der Waals surface area contributed by atoms with Crippen molar-refractivity contribution in [2.24, 2.45) is 0 Å². The zero-order chi connectivity index (χ0) is 86.1. The van der Waals surface area contributed by atoms with Crippen LogP contribution < -0.4 is 53.2 Å². The van der Waals surface area contributed by atoms with Gasteiger partial charge >= 0.3 is 59.8 Å². The number of amides is 10. The van der Waals surface area contributed by atoms with Gasteiger partial charge in [-0.3, -0.25) is 86.1 Å². The van der Waals surface area contributed by atoms with Crippen molar-refractivity contribution < 1.29 is 136 Å². The minimum atomic E-state index is -3.10. The fourth-order valence-electron chi connectivity index (χ4n) is 12.3. The fourth-order valence-corrected chi connectivity index (χ4v) is 16.4. The molecule has 43 heteroatoms. The van der Waals surface area contributed by atoms with Crippen molar-refractivity contribution in [2.75, 3.05) is 105 Å². The Hall–Kier alpha value is -10.5. The second-order valence-electron chi connectivity index (χ2n) is 29.3. The summed E-state index contributed by atoms with van der Waals surface area (Å²) in [6.07, 6.45) is -2.49. The molecule has 0 aromatic heterocycles. The van der Waals surface area contributed by atoms with E-state index in [0.29, 0.717) is 17.7 Å². The van der Waals surface area contributed by atoms with E-state index in [4.69, 9.17) is 5.11 Å². The Morgan fingerprint density at radius 1 is 0.368 bits per heavy atom. The van der Waals surface area contributed by atoms with Crippen molar-refractivity contribution in [1.29, 1.82) is 0 Å². The smallest absolute Gasteiger partial charge is 0.326 e. The van der Waals surface area contributed by atoms with Crippen LogP contribution in [0.4, 0.5) is 4.79 Å². The van der Waals surface area contributed by atoms with Gasteiger partial charge in [0.25, 0.3) is 5.91 Å². The van der Waals surface area contributed by atoms with Gasteiger partial charge in [0, 0.05) is 137 Å². The van der Waals surface area contributed by atoms with E-state index in [2.05, 4.69) is 42.5 Å². The molecule has 1 fully saturated rings. The molecule has 1 saturated heterocycles. The van der Waals surface area contributed by atoms with E-state index in [1.807, 2.05) is 52.2 Å². The van der Waals surface area contributed by atoms with Gasteiger partial charge in [-0.05, 0) is 88.5 Å². The van der Waals surface area contributed by atoms with E-state index in [-0.39, 0.29) is 142 Å². The van der Waals surface area contributed by atoms with Crippen LogP contribution in [-0.2, 0) is 86.6 Å². The number of carbonyl (C=O) groups excluding carboxylic acids is 9. The van der Waals surface area contributed by atoms with Gasteiger partial charge in [0.2, 0.25) is 41.4 Å². The number of carboxylic acid groups (broad SMARTS) is 9. The van der Waals surface area contributed by atoms with Crippen LogP contribution in [0.2, 0.25) is 0 Å². The number of nitrogens with zero attached hydrogens (tertiary/aromatic N) is 4. The van der Waals surface area contributed by atoms with Crippen LogP contribution in [0.3, 0.4) is 0 Å². The van der Waals surface area contributed by atoms with Gasteiger partial charge in [-0.2, -0.15) is 0 Å². The first-order valence-corrected chi connectivity index (χ1v) is 39.0. The lowest BCUT2D eigenvalue weighted by atomic mass is 10.1. The topological polar surface area (TPSA) is 640 Å². The number of thiol groups is 1. The lowest BCUT2D eigenvalue weighted by Crippen LogP contribution is -2.54. The maximum Gasteiger partial charge on any atom is 0.326 e. The van der Waals surface area contributed by atoms with Crippen molar-refractivity contribution in [3.05, 3.63) is 29.8 Å². The summed E-state index contributed by atoms with van der Waals surface area (Å²) in [7, 11) is -3.10. The van der Waals surface area contributed by atoms with Crippen molar-refractivity contribution in [3.8, 4) is 0 Å². The molecule has 0 spiro atoms. The van der Waals surface area contributed by atoms with Crippen LogP contribution in [0.5, 0.6) is 0 Å². The molecule has 1 aliphatic heterocycles. The summed E-state index contributed by atoms with van der Waals surface area (Å²) in [6.45, 7) is 9.33. The highest BCUT2D eigenvalue weighted by Gasteiger charge is 2.42. The standard InChI is InChI=1S/C71H114N14O28S/c1-70(2,3)114(113,71(4,5)6)45-18-16-44(17-19-45)62(100)75-39-50(79-55(89)14-8-7-10-28-72-52(86)15-12-30-74-53(87)24-20-47(65(104)105)77-56(90)25-21-48(66(106)107)80-69(112)81-49(67(108)109)22-27-58(92)93)63(101)76-40-57(91)78-46(64(102)103)13-9-11-29-73-54(88)26-23-51(68(110)111)85-37-35-83(42-60(96)97)33-31-82(41-59(94)95)32-34-84(36-38-85)43-61(98)99/h16-19,46-51,114H,7-15,20-43H2,1-6H3,(H,72,86)(H,73,88)(H,74,87)(H,75,100)(H,76,101)(H,77,90)(H,78,91)(H,79,89)(H,92,93)(H,94,95)(H,96,97)(H,98,99)(H,102,103)(H,104,105)(H,106,107)(H,108,109)(H,110,111)(H2,80,81,112)/t46-,47+,48?,49-,50+,51-/m0/s1. The fraction of sp³-hybridized carbons (Fsp3) is 0.662. The summed E-state index contributed by atoms with van der Waals surface area (Å²) in [4.78, 5) is 230. The van der Waals surface area contributed by atoms with E-state index in [0.717, 1.165) is 0 Å². The van der Waals surface area contributed by atoms with Gasteiger partial charge in [-0.15, -0.1) is 0 Å². The van der Waals surface area contributed by atoms with Crippen LogP contribution in [0.1, 0.15) is 161 Å². The molecule has 114 heavy (non-hydrogen) atoms. The summed E-state index contributed by atoms with van der Waals surface area (Å²) in [5.41, 5.74) is 0.123. The SMILES string of the molecule is CC(C)(C)[SH](=O)(c1ccc(C(=O)NC[C@@H](NC(=O)CCCCCNC(=O)CCCNC(=O)CC[C@@H](NC(=O)CCC(NC(=O)N[C@@H](CCC(=O)O)C(=O)O)C(=O)O)C(=O)O)C(=O)NCC(=O)N[C@@H](CCCCNC(=O)CC[C@@H](C(=O)O)N2CCN(CC(=O)O)CCN(CC(=O)O)CCN(CC(=O)O)CC2)C(=O)O)cc1)C(C)(C)C. The number of nitrogens with one attached hydrogen (secondary N) is 10. The summed E-state index contributed by atoms with van der Waals surface area (Å²) >= 11 is 0. The van der Waals surface area contributed by atoms with E-state index in [1.54, 1.807) is 17.0 Å². The number of benzene rings is 1. The van der Waals surface area contributed by atoms with Gasteiger partial charge in [-0.1, -0.05) is 57.9 Å². The Kier molecular flexibility index (Phi) is 44.1. The molecule has 0 bridgehead atoms. The second kappa shape index (κ2) is 50.5. The largest absolute Gasteiger partial charge is 0.481 e. The van der Waals surface area contributed by atoms with Crippen LogP contribution in [0.25, 0.3) is 0 Å². The predicted octanol–water partition coefficient (Wildman–Crippen LogP) is -2.67. The van der Waals surface area contributed by atoms with Gasteiger partial charge in [-0.25, -0.2) is 24.0 Å². The molecular weight excluding hydrogens is 1530 g/mol. The number of hydrogen-bond donors (Lipinski definition) is 20. The first kappa shape index (κ1) is 99.5. The van der Waals surface area contributed by atoms with Gasteiger partial charge in [0.15, 0.2) is 0 Å². The van der Waals surface area contributed by atoms with Crippen molar-refractivity contribution in [1.82, 2.24) is 72.8 Å². The van der Waals surface area contributed by atoms with Crippen molar-refractivity contribution in [3.63, 3.8) is 0 Å². The molecule has 1 aromatic rings. The Labute approximate surface area is 659 Å². The zero-order valence-electron chi connectivity index (χ0n) is 65.1. The van der Waals surface area contributed by atoms with Crippen LogP contribution in [-0.4, -0.2) is 327 Å². The summed E-state index contributed by atoms with van der Waals surface area (Å²) in [5.74, 6) is -18.1. The minimum Gasteiger partial charge on any atom is -0.481 e. The molecule has 0 radical (unpaired) electrons. The minimum absolute atomic E-state index is 0.00221. The number of aliphatic carboxylic acids is 9. The number of rotatable bonds is 51. The van der Waals surface area contributed by atoms with E-state index in [1.165, 1.54) is 26.8 Å². The second-order valence-corrected chi connectivity index (χ2v) is 33.7. The molecule has 42 nitrogen and oxygen atoms in total. The molecule has 1 heterocycles. The first-order valence-electron chi connectivity index (χ1n) is 37.3. The lowest BCUT2D eigenvalue weighted by Gasteiger charge is -2.46. The number of hydrogen-bond acceptors (Lipinski definition) is 23. The Morgan fingerprint density at radius 2 is 0.746 bits per heavy atom. The molecule has 1 unspecified atom stereocenters. The van der Waals surface area contributed by atoms with E-state index < -0.39 is 227 Å². The maximum atomic E-state index is 14.6. The molecule has 642 valence electrons. The lowest BCUT2D eigenvalue weighted by molar-refractivity contribution is -0.145. The van der Waals surface area contributed by atoms with Crippen molar-refractivity contribution in [2.45, 2.75) is 201 Å². The highest BCUT2D eigenvalue weighted by atomic mass is 32.2. The average Bonchev–Trinajstić information content (AvgIpc) is 0.747. The first-order chi connectivity index (χ1) is 53.3. The van der Waals surface area contributed by atoms with E-state index in [9.17, 15) is 131 Å². The zero-order valence-corrected chi connectivity index (χ0v) is 66.0. The monoisotopic (exact) mass is 1640 g/mol. The van der Waals surface area contributed by atoms with Gasteiger partial charge < -0.3 is 99.1 Å². The quantitative estimate of drug-likeness (QED) is 0.0234. The Balaban J connectivity index is 1.99. The molecule has 0 saturated carbocycles. The number of unbranched alkanes of at least 4 members (excludes halogenated alkanes) is 3. The third-order valence-electron chi connectivity index (χ3n) is 18.2. The Morgan fingerprint density at radius 3 is 1.19 bits per heavy atom. The molecule has 10 amide bonds. The van der Waals surface area contributed by atoms with Crippen LogP contribution in [0, 0.1) is 0 Å². The Bertz CT molecular complexity index is 3490. The molecule has 1 aromatic carbocycles. The van der Waals surface area contributed by atoms with Crippen LogP contribution >= 0.6 is 0 Å². The number of carbonyl (C=O) groups is 18. The third kappa shape index (κ3) is 39.3. The highest BCUT2D eigenvalue weighted by molar-refractivity contribution is 8.05. The summed E-state index contributed by atoms with van der Waals surface area (Å²) in [5, 5.41) is 110. The van der Waals surface area contributed by atoms with Crippen molar-refractivity contribution >= 4 is 117 Å². The summed E-state index contributed by atoms with van der Waals surface area (Å²) < 4.78 is 13.3. The molecular formula is C71H114N14O28S. The van der Waals surface area contributed by atoms with Gasteiger partial charge in [0.1, 0.15) is 36.3 Å². The molecule has 0 aliphatic carbocycles. The molecule has 6 atom stereocenters. The predicted molar refractivity (Wildman–Crippen MR) is 405 cm³/mol. The average molecular weight is 1640 g/mol. The van der Waals surface area contributed by atoms with E-state index >= 15 is 0 Å². The molecule has 19 N–H and O–H groups in total. The highest BCUT2D eigenvalue weighted by Crippen LogP contribution is 2.42. The normalized spacial score (nSPS) is 15.2. The number of urea groups is 1.